The smallest absolute Gasteiger partial charge is 0.310 e. The van der Waals surface area contributed by atoms with Crippen LogP contribution in [-0.4, -0.2) is 38.7 Å². The maximum Gasteiger partial charge on any atom is 0.310 e. The third kappa shape index (κ3) is 6.67. The summed E-state index contributed by atoms with van der Waals surface area (Å²) in [6.07, 6.45) is 0.767. The molecule has 5 nitrogen and oxygen atoms in total. The van der Waals surface area contributed by atoms with Gasteiger partial charge in [-0.3, -0.25) is 9.79 Å². The van der Waals surface area contributed by atoms with E-state index in [1.165, 1.54) is 19.2 Å². The number of benzene rings is 1. The predicted molar refractivity (Wildman–Crippen MR) is 90.0 cm³/mol. The van der Waals surface area contributed by atoms with Crippen molar-refractivity contribution in [2.24, 2.45) is 10.9 Å². The van der Waals surface area contributed by atoms with Crippen molar-refractivity contribution in [2.75, 3.05) is 26.7 Å². The van der Waals surface area contributed by atoms with E-state index in [4.69, 9.17) is 0 Å². The molecule has 1 aromatic carbocycles. The molecule has 23 heavy (non-hydrogen) atoms. The Morgan fingerprint density at radius 3 is 2.74 bits per heavy atom. The lowest BCUT2D eigenvalue weighted by Gasteiger charge is -2.13. The summed E-state index contributed by atoms with van der Waals surface area (Å²) in [5, 5.41) is 6.35. The van der Waals surface area contributed by atoms with E-state index in [9.17, 15) is 9.18 Å². The number of carbonyl (C=O) groups is 1. The zero-order valence-corrected chi connectivity index (χ0v) is 14.3. The molecule has 0 bridgehead atoms. The number of aliphatic imine (C=N–C) groups is 1. The monoisotopic (exact) mass is 323 g/mol. The first-order valence-corrected chi connectivity index (χ1v) is 7.83. The van der Waals surface area contributed by atoms with E-state index in [1.54, 1.807) is 13.0 Å². The quantitative estimate of drug-likeness (QED) is 0.458. The molecular weight excluding hydrogens is 297 g/mol. The van der Waals surface area contributed by atoms with Crippen molar-refractivity contribution in [2.45, 2.75) is 27.2 Å². The minimum absolute atomic E-state index is 0.217. The fraction of sp³-hybridized carbons (Fsp3) is 0.529. The third-order valence-electron chi connectivity index (χ3n) is 3.46. The van der Waals surface area contributed by atoms with Gasteiger partial charge in [0.2, 0.25) is 0 Å². The van der Waals surface area contributed by atoms with Crippen LogP contribution in [-0.2, 0) is 16.0 Å². The molecule has 2 N–H and O–H groups in total. The average Bonchev–Trinajstić information content (AvgIpc) is 2.53. The minimum atomic E-state index is -0.283. The Labute approximate surface area is 137 Å². The predicted octanol–water partition coefficient (Wildman–Crippen LogP) is 2.04. The summed E-state index contributed by atoms with van der Waals surface area (Å²) in [6, 6.07) is 4.81. The van der Waals surface area contributed by atoms with Gasteiger partial charge in [0.1, 0.15) is 5.82 Å². The summed E-state index contributed by atoms with van der Waals surface area (Å²) in [6.45, 7) is 7.41. The topological polar surface area (TPSA) is 62.7 Å². The number of hydrogen-bond acceptors (Lipinski definition) is 3. The summed E-state index contributed by atoms with van der Waals surface area (Å²) in [5.41, 5.74) is 2.03. The molecule has 128 valence electrons. The number of aryl methyl sites for hydroxylation is 1. The van der Waals surface area contributed by atoms with Gasteiger partial charge in [-0.25, -0.2) is 4.39 Å². The fourth-order valence-corrected chi connectivity index (χ4v) is 2.10. The van der Waals surface area contributed by atoms with Gasteiger partial charge in [0.05, 0.1) is 19.6 Å². The molecule has 1 rings (SSSR count). The lowest BCUT2D eigenvalue weighted by molar-refractivity contribution is -0.144. The molecule has 0 fully saturated rings. The highest BCUT2D eigenvalue weighted by Gasteiger charge is 2.12. The maximum atomic E-state index is 13.1. The second-order valence-corrected chi connectivity index (χ2v) is 5.39. The Morgan fingerprint density at radius 1 is 1.39 bits per heavy atom. The number of rotatable bonds is 7. The van der Waals surface area contributed by atoms with Crippen molar-refractivity contribution in [3.8, 4) is 0 Å². The van der Waals surface area contributed by atoms with Gasteiger partial charge in [0.15, 0.2) is 5.96 Å². The second-order valence-electron chi connectivity index (χ2n) is 5.39. The summed E-state index contributed by atoms with van der Waals surface area (Å²) in [5.74, 6) is -0.115. The highest BCUT2D eigenvalue weighted by molar-refractivity contribution is 5.80. The van der Waals surface area contributed by atoms with Crippen molar-refractivity contribution >= 4 is 11.9 Å². The van der Waals surface area contributed by atoms with Crippen LogP contribution in [0.3, 0.4) is 0 Å². The Morgan fingerprint density at radius 2 is 2.13 bits per heavy atom. The molecule has 1 unspecified atom stereocenters. The van der Waals surface area contributed by atoms with Gasteiger partial charge in [0, 0.05) is 13.1 Å². The molecule has 0 saturated carbocycles. The molecular formula is C17H26FN3O2. The van der Waals surface area contributed by atoms with Gasteiger partial charge in [-0.15, -0.1) is 0 Å². The number of hydrogen-bond donors (Lipinski definition) is 2. The summed E-state index contributed by atoms with van der Waals surface area (Å²) in [7, 11) is 1.37. The van der Waals surface area contributed by atoms with Gasteiger partial charge < -0.3 is 15.4 Å². The van der Waals surface area contributed by atoms with Crippen LogP contribution in [0.5, 0.6) is 0 Å². The second kappa shape index (κ2) is 9.82. The van der Waals surface area contributed by atoms with Crippen LogP contribution in [0.4, 0.5) is 4.39 Å². The maximum absolute atomic E-state index is 13.1. The van der Waals surface area contributed by atoms with Crippen molar-refractivity contribution in [3.63, 3.8) is 0 Å². The Bertz CT molecular complexity index is 547. The molecule has 0 spiro atoms. The first-order valence-electron chi connectivity index (χ1n) is 7.83. The Kier molecular flexibility index (Phi) is 8.08. The van der Waals surface area contributed by atoms with E-state index < -0.39 is 0 Å². The molecule has 0 radical (unpaired) electrons. The van der Waals surface area contributed by atoms with Crippen LogP contribution >= 0.6 is 0 Å². The molecule has 0 amide bonds. The molecule has 0 aliphatic carbocycles. The Balaban J connectivity index is 2.54. The third-order valence-corrected chi connectivity index (χ3v) is 3.46. The van der Waals surface area contributed by atoms with Gasteiger partial charge in [-0.1, -0.05) is 13.0 Å². The molecule has 6 heteroatoms. The SMILES string of the molecule is CCNC(=NCC(C)C(=O)OC)NCCc1ccc(F)cc1C. The first kappa shape index (κ1) is 18.9. The van der Waals surface area contributed by atoms with E-state index >= 15 is 0 Å². The number of nitrogens with one attached hydrogen (secondary N) is 2. The van der Waals surface area contributed by atoms with Crippen molar-refractivity contribution in [1.82, 2.24) is 10.6 Å². The van der Waals surface area contributed by atoms with E-state index in [2.05, 4.69) is 20.4 Å². The van der Waals surface area contributed by atoms with Gasteiger partial charge in [0.25, 0.3) is 0 Å². The van der Waals surface area contributed by atoms with Crippen molar-refractivity contribution in [3.05, 3.63) is 35.1 Å². The Hall–Kier alpha value is -2.11. The number of carbonyl (C=O) groups excluding carboxylic acids is 1. The zero-order chi connectivity index (χ0) is 17.2. The minimum Gasteiger partial charge on any atom is -0.469 e. The summed E-state index contributed by atoms with van der Waals surface area (Å²) < 4.78 is 17.8. The first-order chi connectivity index (χ1) is 11.0. The van der Waals surface area contributed by atoms with E-state index in [0.717, 1.165) is 24.1 Å². The van der Waals surface area contributed by atoms with Crippen LogP contribution in [0.1, 0.15) is 25.0 Å². The summed E-state index contributed by atoms with van der Waals surface area (Å²) in [4.78, 5) is 15.8. The number of halogens is 1. The fourth-order valence-electron chi connectivity index (χ4n) is 2.10. The van der Waals surface area contributed by atoms with Crippen molar-refractivity contribution in [1.29, 1.82) is 0 Å². The molecule has 0 heterocycles. The molecule has 0 saturated heterocycles. The number of guanidine groups is 1. The number of esters is 1. The van der Waals surface area contributed by atoms with Gasteiger partial charge >= 0.3 is 5.97 Å². The molecule has 1 atom stereocenters. The van der Waals surface area contributed by atoms with Crippen LogP contribution in [0, 0.1) is 18.7 Å². The molecule has 1 aromatic rings. The summed E-state index contributed by atoms with van der Waals surface area (Å²) >= 11 is 0. The van der Waals surface area contributed by atoms with Gasteiger partial charge in [-0.2, -0.15) is 0 Å². The molecule has 0 aliphatic rings. The standard InChI is InChI=1S/C17H26FN3O2/c1-5-19-17(21-11-13(3)16(22)23-4)20-9-8-14-6-7-15(18)10-12(14)2/h6-7,10,13H,5,8-9,11H2,1-4H3,(H2,19,20,21). The lowest BCUT2D eigenvalue weighted by Crippen LogP contribution is -2.39. The normalized spacial score (nSPS) is 12.7. The van der Waals surface area contributed by atoms with Gasteiger partial charge in [-0.05, 0) is 43.5 Å². The van der Waals surface area contributed by atoms with E-state index in [1.807, 2.05) is 13.8 Å². The largest absolute Gasteiger partial charge is 0.469 e. The number of methoxy groups -OCH3 is 1. The van der Waals surface area contributed by atoms with Crippen LogP contribution in [0.25, 0.3) is 0 Å². The molecule has 0 aliphatic heterocycles. The van der Waals surface area contributed by atoms with Crippen LogP contribution in [0.2, 0.25) is 0 Å². The lowest BCUT2D eigenvalue weighted by atomic mass is 10.1. The zero-order valence-electron chi connectivity index (χ0n) is 14.3. The van der Waals surface area contributed by atoms with Crippen molar-refractivity contribution < 1.29 is 13.9 Å². The average molecular weight is 323 g/mol. The number of ether oxygens (including phenoxy) is 1. The molecule has 0 aromatic heterocycles. The van der Waals surface area contributed by atoms with E-state index in [-0.39, 0.29) is 17.7 Å². The van der Waals surface area contributed by atoms with Crippen LogP contribution in [0.15, 0.2) is 23.2 Å². The highest BCUT2D eigenvalue weighted by Crippen LogP contribution is 2.10. The number of nitrogens with zero attached hydrogens (tertiary/aromatic N) is 1. The van der Waals surface area contributed by atoms with E-state index in [0.29, 0.717) is 19.0 Å². The highest BCUT2D eigenvalue weighted by atomic mass is 19.1. The van der Waals surface area contributed by atoms with Crippen LogP contribution < -0.4 is 10.6 Å².